The van der Waals surface area contributed by atoms with E-state index in [0.717, 1.165) is 34.0 Å². The Balaban J connectivity index is 1.61. The first-order valence-electron chi connectivity index (χ1n) is 10.2. The van der Waals surface area contributed by atoms with Gasteiger partial charge in [0.1, 0.15) is 23.3 Å². The minimum atomic E-state index is -0.268. The molecule has 160 valence electrons. The van der Waals surface area contributed by atoms with Crippen LogP contribution in [-0.2, 0) is 0 Å². The van der Waals surface area contributed by atoms with Gasteiger partial charge in [-0.1, -0.05) is 23.7 Å². The van der Waals surface area contributed by atoms with Crippen LogP contribution in [0.15, 0.2) is 83.4 Å². The first-order valence-corrected chi connectivity index (χ1v) is 11.0. The number of anilines is 1. The van der Waals surface area contributed by atoms with Gasteiger partial charge in [-0.3, -0.25) is 4.98 Å². The van der Waals surface area contributed by atoms with Gasteiger partial charge in [-0.15, -0.1) is 0 Å². The molecule has 1 saturated heterocycles. The van der Waals surface area contributed by atoms with Crippen molar-refractivity contribution in [2.75, 3.05) is 4.90 Å². The van der Waals surface area contributed by atoms with Crippen LogP contribution in [0.25, 0.3) is 11.3 Å². The van der Waals surface area contributed by atoms with E-state index in [1.165, 1.54) is 0 Å². The van der Waals surface area contributed by atoms with Gasteiger partial charge in [-0.05, 0) is 85.4 Å². The van der Waals surface area contributed by atoms with Crippen molar-refractivity contribution in [2.24, 2.45) is 0 Å². The lowest BCUT2D eigenvalue weighted by Gasteiger charge is -2.26. The topological polar surface area (TPSA) is 61.5 Å². The quantitative estimate of drug-likeness (QED) is 0.353. The lowest BCUT2D eigenvalue weighted by atomic mass is 10.0. The fourth-order valence-corrected chi connectivity index (χ4v) is 4.57. The lowest BCUT2D eigenvalue weighted by molar-refractivity contribution is 0.439. The maximum absolute atomic E-state index is 9.75. The summed E-state index contributed by atoms with van der Waals surface area (Å²) >= 11 is 11.9. The van der Waals surface area contributed by atoms with E-state index >= 15 is 0 Å². The Labute approximate surface area is 196 Å². The van der Waals surface area contributed by atoms with Gasteiger partial charge in [0.25, 0.3) is 0 Å². The Morgan fingerprint density at radius 1 is 1.06 bits per heavy atom. The van der Waals surface area contributed by atoms with Crippen LogP contribution in [0.5, 0.6) is 5.75 Å². The molecule has 5 nitrogen and oxygen atoms in total. The van der Waals surface area contributed by atoms with Crippen molar-refractivity contribution >= 4 is 34.6 Å². The summed E-state index contributed by atoms with van der Waals surface area (Å²) in [5.41, 5.74) is 3.73. The molecule has 0 unspecified atom stereocenters. The monoisotopic (exact) mass is 461 g/mol. The maximum Gasteiger partial charge on any atom is 0.174 e. The fraction of sp³-hybridized carbons (Fsp3) is 0.120. The molecule has 32 heavy (non-hydrogen) atoms. The molecule has 0 saturated carbocycles. The predicted octanol–water partition coefficient (Wildman–Crippen LogP) is 6.19. The van der Waals surface area contributed by atoms with E-state index in [1.54, 1.807) is 18.3 Å². The molecule has 0 bridgehead atoms. The molecule has 0 amide bonds. The van der Waals surface area contributed by atoms with Crippen molar-refractivity contribution in [3.8, 4) is 17.1 Å². The van der Waals surface area contributed by atoms with Crippen LogP contribution in [0.4, 0.5) is 5.69 Å². The van der Waals surface area contributed by atoms with Crippen molar-refractivity contribution < 1.29 is 9.52 Å². The summed E-state index contributed by atoms with van der Waals surface area (Å²) in [6, 6.07) is 22.0. The normalized spacial score (nSPS) is 18.1. The van der Waals surface area contributed by atoms with E-state index in [9.17, 15) is 5.11 Å². The fourth-order valence-electron chi connectivity index (χ4n) is 4.05. The number of aromatic nitrogens is 1. The molecular formula is C25H20ClN3O2S. The number of nitrogens with one attached hydrogen (secondary N) is 1. The third-order valence-corrected chi connectivity index (χ3v) is 6.16. The van der Waals surface area contributed by atoms with Crippen molar-refractivity contribution in [3.05, 3.63) is 101 Å². The number of pyridine rings is 1. The van der Waals surface area contributed by atoms with E-state index in [2.05, 4.69) is 10.3 Å². The summed E-state index contributed by atoms with van der Waals surface area (Å²) in [7, 11) is 0. The van der Waals surface area contributed by atoms with Gasteiger partial charge in [-0.2, -0.15) is 0 Å². The van der Waals surface area contributed by atoms with Gasteiger partial charge >= 0.3 is 0 Å². The number of benzene rings is 2. The minimum absolute atomic E-state index is 0.196. The van der Waals surface area contributed by atoms with Gasteiger partial charge in [0, 0.05) is 22.5 Å². The van der Waals surface area contributed by atoms with Gasteiger partial charge in [0.05, 0.1) is 11.7 Å². The molecule has 7 heteroatoms. The third-order valence-electron chi connectivity index (χ3n) is 5.61. The van der Waals surface area contributed by atoms with Crippen molar-refractivity contribution in [2.45, 2.75) is 19.0 Å². The predicted molar refractivity (Wildman–Crippen MR) is 130 cm³/mol. The molecule has 4 aromatic rings. The molecule has 2 N–H and O–H groups in total. The highest BCUT2D eigenvalue weighted by Crippen LogP contribution is 2.43. The van der Waals surface area contributed by atoms with Crippen LogP contribution >= 0.6 is 23.8 Å². The number of nitrogens with zero attached hydrogens (tertiary/aromatic N) is 2. The Morgan fingerprint density at radius 3 is 2.62 bits per heavy atom. The van der Waals surface area contributed by atoms with Crippen molar-refractivity contribution in [1.82, 2.24) is 10.3 Å². The molecule has 0 spiro atoms. The molecule has 1 aliphatic heterocycles. The highest BCUT2D eigenvalue weighted by atomic mass is 35.5. The van der Waals surface area contributed by atoms with E-state index < -0.39 is 0 Å². The number of thiocarbonyl (C=S) groups is 1. The van der Waals surface area contributed by atoms with E-state index in [-0.39, 0.29) is 17.8 Å². The Hall–Kier alpha value is -3.35. The second-order valence-corrected chi connectivity index (χ2v) is 8.50. The summed E-state index contributed by atoms with van der Waals surface area (Å²) in [4.78, 5) is 6.56. The number of phenols is 1. The molecule has 5 rings (SSSR count). The number of aromatic hydroxyl groups is 1. The summed E-state index contributed by atoms with van der Waals surface area (Å²) in [6.45, 7) is 2.03. The second-order valence-electron chi connectivity index (χ2n) is 7.67. The third kappa shape index (κ3) is 3.72. The Morgan fingerprint density at radius 2 is 1.88 bits per heavy atom. The zero-order valence-corrected chi connectivity index (χ0v) is 18.8. The number of hydrogen-bond acceptors (Lipinski definition) is 4. The largest absolute Gasteiger partial charge is 0.508 e. The molecule has 1 aliphatic rings. The molecular weight excluding hydrogens is 442 g/mol. The first-order chi connectivity index (χ1) is 15.5. The summed E-state index contributed by atoms with van der Waals surface area (Å²) in [6.07, 6.45) is 1.77. The maximum atomic E-state index is 9.75. The molecule has 2 aromatic heterocycles. The van der Waals surface area contributed by atoms with Crippen molar-refractivity contribution in [1.29, 1.82) is 0 Å². The van der Waals surface area contributed by atoms with Crippen LogP contribution in [0.1, 0.15) is 29.1 Å². The summed E-state index contributed by atoms with van der Waals surface area (Å²) < 4.78 is 6.39. The zero-order valence-electron chi connectivity index (χ0n) is 17.2. The Kier molecular flexibility index (Phi) is 5.33. The van der Waals surface area contributed by atoms with Crippen LogP contribution in [0.2, 0.25) is 5.02 Å². The molecule has 2 atom stereocenters. The number of hydrogen-bond donors (Lipinski definition) is 2. The molecule has 0 radical (unpaired) electrons. The van der Waals surface area contributed by atoms with Crippen LogP contribution in [-0.4, -0.2) is 15.2 Å². The highest BCUT2D eigenvalue weighted by molar-refractivity contribution is 7.80. The minimum Gasteiger partial charge on any atom is -0.508 e. The van der Waals surface area contributed by atoms with Gasteiger partial charge < -0.3 is 19.7 Å². The molecule has 1 fully saturated rings. The molecule has 2 aromatic carbocycles. The zero-order chi connectivity index (χ0) is 22.2. The Bertz CT molecular complexity index is 1270. The average molecular weight is 462 g/mol. The first kappa shape index (κ1) is 20.5. The summed E-state index contributed by atoms with van der Waals surface area (Å²) in [5.74, 6) is 1.68. The van der Waals surface area contributed by atoms with Crippen LogP contribution in [0, 0.1) is 6.92 Å². The smallest absolute Gasteiger partial charge is 0.174 e. The number of aryl methyl sites for hydroxylation is 1. The average Bonchev–Trinajstić information content (AvgIpc) is 3.41. The van der Waals surface area contributed by atoms with Crippen molar-refractivity contribution in [3.63, 3.8) is 0 Å². The van der Waals surface area contributed by atoms with Gasteiger partial charge in [0.15, 0.2) is 5.11 Å². The van der Waals surface area contributed by atoms with Gasteiger partial charge in [0.2, 0.25) is 0 Å². The molecule has 3 heterocycles. The van der Waals surface area contributed by atoms with Crippen LogP contribution in [0.3, 0.4) is 0 Å². The number of halogens is 1. The SMILES string of the molecule is Cc1ccc(Cl)cc1-c1ccc([C@H]2[C@@H](c3ccccn3)NC(=S)N2c2ccc(O)cc2)o1. The number of phenolic OH excluding ortho intramolecular Hbond substituents is 1. The van der Waals surface area contributed by atoms with E-state index in [4.69, 9.17) is 28.2 Å². The summed E-state index contributed by atoms with van der Waals surface area (Å²) in [5, 5.41) is 14.4. The molecule has 0 aliphatic carbocycles. The van der Waals surface area contributed by atoms with E-state index in [1.807, 2.05) is 72.5 Å². The standard InChI is InChI=1S/C25H20ClN3O2S/c1-15-5-6-16(26)14-19(15)21-11-12-22(31-21)24-23(20-4-2-3-13-27-20)28-25(32)29(24)17-7-9-18(30)10-8-17/h2-14,23-24,30H,1H3,(H,28,32)/t23-,24+/m1/s1. The highest BCUT2D eigenvalue weighted by Gasteiger charge is 2.42. The van der Waals surface area contributed by atoms with Crippen LogP contribution < -0.4 is 10.2 Å². The number of rotatable bonds is 4. The number of furan rings is 1. The van der Waals surface area contributed by atoms with Gasteiger partial charge in [-0.25, -0.2) is 0 Å². The van der Waals surface area contributed by atoms with E-state index in [0.29, 0.717) is 10.1 Å². The second kappa shape index (κ2) is 8.30. The lowest BCUT2D eigenvalue weighted by Crippen LogP contribution is -2.29.